The second kappa shape index (κ2) is 4.69. The molecule has 15 heavy (non-hydrogen) atoms. The molecule has 1 heterocycles. The van der Waals surface area contributed by atoms with Crippen molar-refractivity contribution in [1.29, 1.82) is 0 Å². The third-order valence-electron chi connectivity index (χ3n) is 2.59. The molecule has 0 saturated heterocycles. The molecule has 0 aliphatic heterocycles. The van der Waals surface area contributed by atoms with Gasteiger partial charge in [0.25, 0.3) is 0 Å². The summed E-state index contributed by atoms with van der Waals surface area (Å²) in [5.74, 6) is 0. The van der Waals surface area contributed by atoms with Gasteiger partial charge in [0.05, 0.1) is 0 Å². The number of benzene rings is 1. The summed E-state index contributed by atoms with van der Waals surface area (Å²) >= 11 is 6.11. The third kappa shape index (κ3) is 2.16. The summed E-state index contributed by atoms with van der Waals surface area (Å²) in [7, 11) is 1.98. The highest BCUT2D eigenvalue weighted by molar-refractivity contribution is 6.35. The fraction of sp³-hybridized carbons (Fsp3) is 0.333. The minimum absolute atomic E-state index is 0.833. The van der Waals surface area contributed by atoms with Crippen LogP contribution in [-0.2, 0) is 6.54 Å². The maximum absolute atomic E-state index is 6.11. The molecule has 80 valence electrons. The van der Waals surface area contributed by atoms with E-state index in [1.54, 1.807) is 0 Å². The summed E-state index contributed by atoms with van der Waals surface area (Å²) in [4.78, 5) is 0. The molecule has 2 rings (SSSR count). The Morgan fingerprint density at radius 2 is 2.20 bits per heavy atom. The number of aryl methyl sites for hydroxylation is 1. The fourth-order valence-corrected chi connectivity index (χ4v) is 2.04. The van der Waals surface area contributed by atoms with Gasteiger partial charge in [-0.05, 0) is 38.2 Å². The fourth-order valence-electron chi connectivity index (χ4n) is 1.81. The van der Waals surface area contributed by atoms with Gasteiger partial charge in [0.2, 0.25) is 0 Å². The van der Waals surface area contributed by atoms with Crippen LogP contribution in [0.25, 0.3) is 10.9 Å². The molecule has 2 aromatic rings. The van der Waals surface area contributed by atoms with Gasteiger partial charge in [0.15, 0.2) is 0 Å². The molecule has 1 aromatic heterocycles. The standard InChI is InChI=1S/C12H15ClN2/c1-14-7-3-8-15-9-6-10-11(13)4-2-5-12(10)15/h2,4-6,9,14H,3,7-8H2,1H3. The van der Waals surface area contributed by atoms with Gasteiger partial charge in [-0.25, -0.2) is 0 Å². The van der Waals surface area contributed by atoms with Crippen LogP contribution < -0.4 is 5.32 Å². The summed E-state index contributed by atoms with van der Waals surface area (Å²) in [6.45, 7) is 2.07. The van der Waals surface area contributed by atoms with Gasteiger partial charge in [-0.3, -0.25) is 0 Å². The van der Waals surface area contributed by atoms with Crippen LogP contribution in [-0.4, -0.2) is 18.2 Å². The number of rotatable bonds is 4. The van der Waals surface area contributed by atoms with E-state index < -0.39 is 0 Å². The van der Waals surface area contributed by atoms with Gasteiger partial charge in [-0.15, -0.1) is 0 Å². The van der Waals surface area contributed by atoms with E-state index >= 15 is 0 Å². The number of fused-ring (bicyclic) bond motifs is 1. The predicted molar refractivity (Wildman–Crippen MR) is 65.5 cm³/mol. The first kappa shape index (κ1) is 10.5. The molecule has 3 heteroatoms. The van der Waals surface area contributed by atoms with E-state index in [2.05, 4.69) is 28.2 Å². The van der Waals surface area contributed by atoms with Gasteiger partial charge >= 0.3 is 0 Å². The van der Waals surface area contributed by atoms with Gasteiger partial charge in [-0.2, -0.15) is 0 Å². The predicted octanol–water partition coefficient (Wildman–Crippen LogP) is 2.90. The Labute approximate surface area is 94.8 Å². The van der Waals surface area contributed by atoms with Crippen molar-refractivity contribution in [1.82, 2.24) is 9.88 Å². The van der Waals surface area contributed by atoms with Crippen LogP contribution in [0.5, 0.6) is 0 Å². The van der Waals surface area contributed by atoms with E-state index in [-0.39, 0.29) is 0 Å². The first-order valence-electron chi connectivity index (χ1n) is 5.21. The van der Waals surface area contributed by atoms with Crippen molar-refractivity contribution in [3.05, 3.63) is 35.5 Å². The summed E-state index contributed by atoms with van der Waals surface area (Å²) in [5, 5.41) is 5.13. The van der Waals surface area contributed by atoms with E-state index in [0.717, 1.165) is 29.9 Å². The SMILES string of the molecule is CNCCCn1ccc2c(Cl)cccc21. The molecule has 0 bridgehead atoms. The lowest BCUT2D eigenvalue weighted by atomic mass is 10.2. The van der Waals surface area contributed by atoms with Crippen LogP contribution >= 0.6 is 11.6 Å². The molecule has 0 unspecified atom stereocenters. The van der Waals surface area contributed by atoms with Crippen molar-refractivity contribution in [2.45, 2.75) is 13.0 Å². The van der Waals surface area contributed by atoms with Crippen LogP contribution in [0.2, 0.25) is 5.02 Å². The van der Waals surface area contributed by atoms with Gasteiger partial charge in [0.1, 0.15) is 0 Å². The lowest BCUT2D eigenvalue weighted by Gasteiger charge is -2.05. The number of aromatic nitrogens is 1. The molecular formula is C12H15ClN2. The maximum atomic E-state index is 6.11. The highest BCUT2D eigenvalue weighted by atomic mass is 35.5. The summed E-state index contributed by atoms with van der Waals surface area (Å²) in [6, 6.07) is 8.12. The van der Waals surface area contributed by atoms with Crippen molar-refractivity contribution < 1.29 is 0 Å². The summed E-state index contributed by atoms with van der Waals surface area (Å²) in [6.07, 6.45) is 3.24. The van der Waals surface area contributed by atoms with Crippen molar-refractivity contribution in [2.75, 3.05) is 13.6 Å². The van der Waals surface area contributed by atoms with Crippen molar-refractivity contribution in [2.24, 2.45) is 0 Å². The molecule has 2 nitrogen and oxygen atoms in total. The average Bonchev–Trinajstić information content (AvgIpc) is 2.64. The molecule has 0 spiro atoms. The lowest BCUT2D eigenvalue weighted by molar-refractivity contribution is 0.627. The molecule has 0 saturated carbocycles. The zero-order valence-corrected chi connectivity index (χ0v) is 9.59. The highest BCUT2D eigenvalue weighted by Crippen LogP contribution is 2.24. The monoisotopic (exact) mass is 222 g/mol. The second-order valence-electron chi connectivity index (χ2n) is 3.64. The second-order valence-corrected chi connectivity index (χ2v) is 4.05. The van der Waals surface area contributed by atoms with Crippen LogP contribution in [0.15, 0.2) is 30.5 Å². The number of hydrogen-bond acceptors (Lipinski definition) is 1. The summed E-state index contributed by atoms with van der Waals surface area (Å²) < 4.78 is 2.25. The van der Waals surface area contributed by atoms with E-state index in [1.165, 1.54) is 5.52 Å². The number of hydrogen-bond donors (Lipinski definition) is 1. The molecule has 0 fully saturated rings. The van der Waals surface area contributed by atoms with Crippen molar-refractivity contribution in [3.8, 4) is 0 Å². The minimum Gasteiger partial charge on any atom is -0.347 e. The lowest BCUT2D eigenvalue weighted by Crippen LogP contribution is -2.10. The van der Waals surface area contributed by atoms with E-state index in [9.17, 15) is 0 Å². The zero-order valence-electron chi connectivity index (χ0n) is 8.83. The van der Waals surface area contributed by atoms with Crippen LogP contribution in [0.1, 0.15) is 6.42 Å². The molecule has 0 atom stereocenters. The molecule has 1 N–H and O–H groups in total. The molecular weight excluding hydrogens is 208 g/mol. The molecule has 0 radical (unpaired) electrons. The maximum Gasteiger partial charge on any atom is 0.0499 e. The Bertz CT molecular complexity index is 448. The Balaban J connectivity index is 2.25. The zero-order chi connectivity index (χ0) is 10.7. The topological polar surface area (TPSA) is 17.0 Å². The molecule has 0 amide bonds. The average molecular weight is 223 g/mol. The van der Waals surface area contributed by atoms with Crippen LogP contribution in [0, 0.1) is 0 Å². The first-order valence-corrected chi connectivity index (χ1v) is 5.58. The van der Waals surface area contributed by atoms with Gasteiger partial charge in [0, 0.05) is 28.7 Å². The first-order chi connectivity index (χ1) is 7.33. The Morgan fingerprint density at radius 1 is 1.33 bits per heavy atom. The number of halogens is 1. The number of nitrogens with zero attached hydrogens (tertiary/aromatic N) is 1. The third-order valence-corrected chi connectivity index (χ3v) is 2.92. The van der Waals surface area contributed by atoms with Crippen LogP contribution in [0.3, 0.4) is 0 Å². The highest BCUT2D eigenvalue weighted by Gasteiger charge is 2.02. The largest absolute Gasteiger partial charge is 0.347 e. The normalized spacial score (nSPS) is 11.1. The Morgan fingerprint density at radius 3 is 3.00 bits per heavy atom. The molecule has 1 aromatic carbocycles. The van der Waals surface area contributed by atoms with Gasteiger partial charge < -0.3 is 9.88 Å². The smallest absolute Gasteiger partial charge is 0.0499 e. The molecule has 0 aliphatic rings. The number of nitrogens with one attached hydrogen (secondary N) is 1. The Kier molecular flexibility index (Phi) is 3.29. The minimum atomic E-state index is 0.833. The van der Waals surface area contributed by atoms with Gasteiger partial charge in [-0.1, -0.05) is 17.7 Å². The van der Waals surface area contributed by atoms with Crippen LogP contribution in [0.4, 0.5) is 0 Å². The van der Waals surface area contributed by atoms with E-state index in [1.807, 2.05) is 19.2 Å². The Hall–Kier alpha value is -0.990. The van der Waals surface area contributed by atoms with Crippen molar-refractivity contribution in [3.63, 3.8) is 0 Å². The quantitative estimate of drug-likeness (QED) is 0.788. The molecule has 0 aliphatic carbocycles. The van der Waals surface area contributed by atoms with E-state index in [0.29, 0.717) is 0 Å². The summed E-state index contributed by atoms with van der Waals surface area (Å²) in [5.41, 5.74) is 1.22. The van der Waals surface area contributed by atoms with Crippen molar-refractivity contribution >= 4 is 22.5 Å². The van der Waals surface area contributed by atoms with E-state index in [4.69, 9.17) is 11.6 Å².